The highest BCUT2D eigenvalue weighted by molar-refractivity contribution is 5.80. The first-order valence-electron chi connectivity index (χ1n) is 11.0. The molecule has 2 aromatic carbocycles. The summed E-state index contributed by atoms with van der Waals surface area (Å²) in [6.45, 7) is 5.55. The van der Waals surface area contributed by atoms with E-state index in [1.165, 1.54) is 11.1 Å². The van der Waals surface area contributed by atoms with E-state index in [1.54, 1.807) is 0 Å². The van der Waals surface area contributed by atoms with Crippen LogP contribution in [0.1, 0.15) is 55.7 Å². The molecule has 0 radical (unpaired) electrons. The van der Waals surface area contributed by atoms with Crippen LogP contribution in [0.2, 0.25) is 0 Å². The average Bonchev–Trinajstić information content (AvgIpc) is 3.50. The number of ether oxygens (including phenoxy) is 1. The molecule has 2 aliphatic rings. The standard InChI is InChI=1S/C25H27N3O3/c1-16(2)15-30-20-10-7-18(8-11-20)24-26-25(31-27-24)19-13-23(29)28(14-19)22-12-9-17-5-3-4-6-21(17)22/h3-8,10-11,16,19,22H,9,12-15H2,1-2H3. The molecule has 6 nitrogen and oxygen atoms in total. The molecule has 0 saturated carbocycles. The Morgan fingerprint density at radius 2 is 1.97 bits per heavy atom. The second kappa shape index (κ2) is 8.17. The highest BCUT2D eigenvalue weighted by atomic mass is 16.5. The molecule has 0 bridgehead atoms. The number of likely N-dealkylation sites (tertiary alicyclic amines) is 1. The number of nitrogens with zero attached hydrogens (tertiary/aromatic N) is 3. The predicted molar refractivity (Wildman–Crippen MR) is 117 cm³/mol. The van der Waals surface area contributed by atoms with Crippen molar-refractivity contribution in [1.29, 1.82) is 0 Å². The highest BCUT2D eigenvalue weighted by Crippen LogP contribution is 2.40. The summed E-state index contributed by atoms with van der Waals surface area (Å²) >= 11 is 0. The molecule has 1 aromatic heterocycles. The van der Waals surface area contributed by atoms with Crippen LogP contribution in [0.5, 0.6) is 5.75 Å². The Morgan fingerprint density at radius 3 is 2.77 bits per heavy atom. The van der Waals surface area contributed by atoms with Crippen molar-refractivity contribution in [3.05, 3.63) is 65.5 Å². The van der Waals surface area contributed by atoms with E-state index >= 15 is 0 Å². The molecule has 31 heavy (non-hydrogen) atoms. The van der Waals surface area contributed by atoms with Crippen molar-refractivity contribution in [2.45, 2.75) is 45.1 Å². The highest BCUT2D eigenvalue weighted by Gasteiger charge is 2.40. The number of hydrogen-bond acceptors (Lipinski definition) is 5. The van der Waals surface area contributed by atoms with Crippen LogP contribution >= 0.6 is 0 Å². The van der Waals surface area contributed by atoms with Crippen molar-refractivity contribution in [3.63, 3.8) is 0 Å². The first-order valence-corrected chi connectivity index (χ1v) is 11.0. The summed E-state index contributed by atoms with van der Waals surface area (Å²) in [5, 5.41) is 4.16. The van der Waals surface area contributed by atoms with Gasteiger partial charge in [-0.2, -0.15) is 4.98 Å². The van der Waals surface area contributed by atoms with Crippen LogP contribution < -0.4 is 4.74 Å². The monoisotopic (exact) mass is 417 g/mol. The molecule has 5 rings (SSSR count). The van der Waals surface area contributed by atoms with Gasteiger partial charge in [0.25, 0.3) is 0 Å². The van der Waals surface area contributed by atoms with Crippen LogP contribution in [0, 0.1) is 5.92 Å². The Hall–Kier alpha value is -3.15. The number of rotatable bonds is 6. The van der Waals surface area contributed by atoms with Gasteiger partial charge in [-0.15, -0.1) is 0 Å². The van der Waals surface area contributed by atoms with Gasteiger partial charge in [0.2, 0.25) is 17.6 Å². The number of fused-ring (bicyclic) bond motifs is 1. The summed E-state index contributed by atoms with van der Waals surface area (Å²) < 4.78 is 11.3. The quantitative estimate of drug-likeness (QED) is 0.578. The maximum atomic E-state index is 12.8. The molecule has 0 N–H and O–H groups in total. The molecular weight excluding hydrogens is 390 g/mol. The minimum absolute atomic E-state index is 0.0600. The Bertz CT molecular complexity index is 1070. The van der Waals surface area contributed by atoms with Crippen LogP contribution in [-0.4, -0.2) is 34.1 Å². The first-order chi connectivity index (χ1) is 15.1. The van der Waals surface area contributed by atoms with Crippen LogP contribution in [0.15, 0.2) is 53.1 Å². The maximum Gasteiger partial charge on any atom is 0.232 e. The van der Waals surface area contributed by atoms with Gasteiger partial charge in [-0.3, -0.25) is 4.79 Å². The molecule has 6 heteroatoms. The fourth-order valence-electron chi connectivity index (χ4n) is 4.54. The SMILES string of the molecule is CC(C)COc1ccc(-c2noc(C3CC(=O)N(C4CCc5ccccc54)C3)n2)cc1. The van der Waals surface area contributed by atoms with E-state index < -0.39 is 0 Å². The molecule has 2 atom stereocenters. The Kier molecular flexibility index (Phi) is 5.22. The van der Waals surface area contributed by atoms with E-state index in [4.69, 9.17) is 9.26 Å². The second-order valence-electron chi connectivity index (χ2n) is 8.89. The lowest BCUT2D eigenvalue weighted by atomic mass is 10.1. The van der Waals surface area contributed by atoms with Crippen LogP contribution in [0.25, 0.3) is 11.4 Å². The third-order valence-corrected chi connectivity index (χ3v) is 6.12. The van der Waals surface area contributed by atoms with Gasteiger partial charge >= 0.3 is 0 Å². The summed E-state index contributed by atoms with van der Waals surface area (Å²) in [4.78, 5) is 19.4. The lowest BCUT2D eigenvalue weighted by Crippen LogP contribution is -2.28. The molecule has 3 aromatic rings. The van der Waals surface area contributed by atoms with E-state index in [-0.39, 0.29) is 17.9 Å². The van der Waals surface area contributed by atoms with Crippen molar-refractivity contribution in [2.75, 3.05) is 13.2 Å². The molecule has 2 unspecified atom stereocenters. The van der Waals surface area contributed by atoms with E-state index in [1.807, 2.05) is 29.2 Å². The van der Waals surface area contributed by atoms with Crippen molar-refractivity contribution in [2.24, 2.45) is 5.92 Å². The zero-order valence-corrected chi connectivity index (χ0v) is 18.0. The summed E-state index contributed by atoms with van der Waals surface area (Å²) in [5.74, 6) is 2.49. The van der Waals surface area contributed by atoms with Gasteiger partial charge in [-0.1, -0.05) is 43.3 Å². The zero-order chi connectivity index (χ0) is 21.4. The molecule has 2 heterocycles. The second-order valence-corrected chi connectivity index (χ2v) is 8.89. The Labute approximate surface area is 182 Å². The fraction of sp³-hybridized carbons (Fsp3) is 0.400. The molecule has 1 amide bonds. The topological polar surface area (TPSA) is 68.5 Å². The maximum absolute atomic E-state index is 12.8. The van der Waals surface area contributed by atoms with Crippen molar-refractivity contribution in [3.8, 4) is 17.1 Å². The largest absolute Gasteiger partial charge is 0.493 e. The van der Waals surface area contributed by atoms with Gasteiger partial charge in [0.1, 0.15) is 5.75 Å². The van der Waals surface area contributed by atoms with Gasteiger partial charge < -0.3 is 14.2 Å². The Morgan fingerprint density at radius 1 is 1.16 bits per heavy atom. The summed E-state index contributed by atoms with van der Waals surface area (Å²) in [6.07, 6.45) is 2.43. The van der Waals surface area contributed by atoms with Gasteiger partial charge in [-0.25, -0.2) is 0 Å². The van der Waals surface area contributed by atoms with Crippen LogP contribution in [0.3, 0.4) is 0 Å². The molecular formula is C25H27N3O3. The van der Waals surface area contributed by atoms with Crippen molar-refractivity contribution in [1.82, 2.24) is 15.0 Å². The molecule has 1 aliphatic carbocycles. The van der Waals surface area contributed by atoms with E-state index in [2.05, 4.69) is 48.3 Å². The van der Waals surface area contributed by atoms with Crippen molar-refractivity contribution < 1.29 is 14.1 Å². The number of hydrogen-bond donors (Lipinski definition) is 0. The minimum atomic E-state index is -0.0600. The third-order valence-electron chi connectivity index (χ3n) is 6.12. The summed E-state index contributed by atoms with van der Waals surface area (Å²) in [7, 11) is 0. The van der Waals surface area contributed by atoms with Gasteiger partial charge in [-0.05, 0) is 54.2 Å². The van der Waals surface area contributed by atoms with E-state index in [0.29, 0.717) is 37.2 Å². The normalized spacial score (nSPS) is 20.5. The van der Waals surface area contributed by atoms with E-state index in [0.717, 1.165) is 24.2 Å². The van der Waals surface area contributed by atoms with E-state index in [9.17, 15) is 4.79 Å². The Balaban J connectivity index is 1.28. The fourth-order valence-corrected chi connectivity index (χ4v) is 4.54. The van der Waals surface area contributed by atoms with Crippen LogP contribution in [0.4, 0.5) is 0 Å². The predicted octanol–water partition coefficient (Wildman–Crippen LogP) is 4.77. The van der Waals surface area contributed by atoms with Gasteiger partial charge in [0, 0.05) is 18.5 Å². The number of carbonyl (C=O) groups is 1. The molecule has 1 fully saturated rings. The summed E-state index contributed by atoms with van der Waals surface area (Å²) in [5.41, 5.74) is 3.50. The molecule has 0 spiro atoms. The first kappa shape index (κ1) is 19.8. The van der Waals surface area contributed by atoms with Gasteiger partial charge in [0.05, 0.1) is 18.6 Å². The number of benzene rings is 2. The molecule has 160 valence electrons. The molecule has 1 aliphatic heterocycles. The third kappa shape index (κ3) is 3.94. The minimum Gasteiger partial charge on any atom is -0.493 e. The number of aromatic nitrogens is 2. The van der Waals surface area contributed by atoms with Crippen LogP contribution in [-0.2, 0) is 11.2 Å². The van der Waals surface area contributed by atoms with Gasteiger partial charge in [0.15, 0.2) is 0 Å². The number of amides is 1. The lowest BCUT2D eigenvalue weighted by Gasteiger charge is -2.25. The number of carbonyl (C=O) groups excluding carboxylic acids is 1. The lowest BCUT2D eigenvalue weighted by molar-refractivity contribution is -0.129. The zero-order valence-electron chi connectivity index (χ0n) is 18.0. The van der Waals surface area contributed by atoms with Crippen molar-refractivity contribution >= 4 is 5.91 Å². The summed E-state index contributed by atoms with van der Waals surface area (Å²) in [6, 6.07) is 16.3. The number of aryl methyl sites for hydroxylation is 1. The smallest absolute Gasteiger partial charge is 0.232 e. The average molecular weight is 418 g/mol. The molecule has 1 saturated heterocycles.